The Morgan fingerprint density at radius 2 is 1.88 bits per heavy atom. The number of nitrogens with zero attached hydrogens (tertiary/aromatic N) is 3. The van der Waals surface area contributed by atoms with E-state index in [4.69, 9.17) is 11.6 Å². The minimum Gasteiger partial charge on any atom is -0.354 e. The number of pyridine rings is 2. The van der Waals surface area contributed by atoms with Crippen molar-refractivity contribution in [2.45, 2.75) is 6.18 Å². The lowest BCUT2D eigenvalue weighted by Gasteiger charge is -2.14. The molecule has 0 aliphatic carbocycles. The summed E-state index contributed by atoms with van der Waals surface area (Å²) < 4.78 is 42.8. The van der Waals surface area contributed by atoms with E-state index in [1.54, 1.807) is 0 Å². The van der Waals surface area contributed by atoms with Crippen molar-refractivity contribution in [3.63, 3.8) is 0 Å². The zero-order valence-electron chi connectivity index (χ0n) is 17.2. The summed E-state index contributed by atoms with van der Waals surface area (Å²) in [6, 6.07) is 6.85. The van der Waals surface area contributed by atoms with Crippen molar-refractivity contribution >= 4 is 39.9 Å². The molecule has 0 aliphatic heterocycles. The molecule has 0 spiro atoms. The van der Waals surface area contributed by atoms with Crippen LogP contribution >= 0.6 is 11.6 Å². The molecule has 3 N–H and O–H groups in total. The van der Waals surface area contributed by atoms with Gasteiger partial charge in [-0.3, -0.25) is 14.4 Å². The second-order valence-electron chi connectivity index (χ2n) is 6.95. The summed E-state index contributed by atoms with van der Waals surface area (Å²) in [5, 5.41) is 8.67. The molecule has 1 aromatic carbocycles. The number of aromatic nitrogens is 4. The Labute approximate surface area is 193 Å². The molecule has 0 unspecified atom stereocenters. The Hall–Kier alpha value is -4.19. The van der Waals surface area contributed by atoms with E-state index in [2.05, 4.69) is 25.7 Å². The molecule has 9 nitrogen and oxygen atoms in total. The number of amides is 2. The average molecular weight is 491 g/mol. The van der Waals surface area contributed by atoms with Gasteiger partial charge in [0.05, 0.1) is 34.4 Å². The highest BCUT2D eigenvalue weighted by Gasteiger charge is 2.41. The molecule has 3 aromatic heterocycles. The second-order valence-corrected chi connectivity index (χ2v) is 7.36. The van der Waals surface area contributed by atoms with E-state index in [1.165, 1.54) is 43.6 Å². The summed E-state index contributed by atoms with van der Waals surface area (Å²) >= 11 is 5.99. The minimum absolute atomic E-state index is 0.0276. The number of anilines is 1. The van der Waals surface area contributed by atoms with Crippen molar-refractivity contribution in [3.05, 3.63) is 81.3 Å². The fourth-order valence-electron chi connectivity index (χ4n) is 3.35. The van der Waals surface area contributed by atoms with Gasteiger partial charge in [-0.15, -0.1) is 0 Å². The number of carbonyl (C=O) groups is 2. The number of carbonyl (C=O) groups excluding carboxylic acids is 2. The van der Waals surface area contributed by atoms with Crippen LogP contribution in [0.3, 0.4) is 0 Å². The van der Waals surface area contributed by atoms with Crippen molar-refractivity contribution in [2.75, 3.05) is 12.4 Å². The van der Waals surface area contributed by atoms with E-state index >= 15 is 0 Å². The van der Waals surface area contributed by atoms with E-state index < -0.39 is 34.8 Å². The van der Waals surface area contributed by atoms with Gasteiger partial charge >= 0.3 is 6.18 Å². The Bertz CT molecular complexity index is 1500. The molecular formula is C21H14ClF3N6O3. The molecule has 0 atom stereocenters. The SMILES string of the molecule is CNC(=O)c1ncc(NC(=O)c2cnn(-c3cccc4c(=O)[nH]ccc34)c2C(F)(F)F)cc1Cl. The largest absolute Gasteiger partial charge is 0.434 e. The number of benzene rings is 1. The number of nitrogens with one attached hydrogen (secondary N) is 3. The first-order valence-electron chi connectivity index (χ1n) is 9.56. The van der Waals surface area contributed by atoms with Crippen molar-refractivity contribution in [1.29, 1.82) is 0 Å². The van der Waals surface area contributed by atoms with Crippen molar-refractivity contribution in [2.24, 2.45) is 0 Å². The van der Waals surface area contributed by atoms with Crippen LogP contribution in [0.15, 0.2) is 53.7 Å². The molecule has 0 bridgehead atoms. The first-order valence-corrected chi connectivity index (χ1v) is 9.94. The Kier molecular flexibility index (Phi) is 5.83. The molecule has 0 radical (unpaired) electrons. The van der Waals surface area contributed by atoms with Crippen LogP contribution in [0.5, 0.6) is 0 Å². The summed E-state index contributed by atoms with van der Waals surface area (Å²) in [4.78, 5) is 42.8. The summed E-state index contributed by atoms with van der Waals surface area (Å²) in [6.45, 7) is 0. The van der Waals surface area contributed by atoms with Gasteiger partial charge < -0.3 is 15.6 Å². The van der Waals surface area contributed by atoms with E-state index in [0.29, 0.717) is 4.68 Å². The predicted molar refractivity (Wildman–Crippen MR) is 117 cm³/mol. The number of hydrogen-bond donors (Lipinski definition) is 3. The molecule has 34 heavy (non-hydrogen) atoms. The van der Waals surface area contributed by atoms with Gasteiger partial charge in [-0.25, -0.2) is 9.67 Å². The lowest BCUT2D eigenvalue weighted by Crippen LogP contribution is -2.22. The number of H-pyrrole nitrogens is 1. The summed E-state index contributed by atoms with van der Waals surface area (Å²) in [6.07, 6.45) is -1.80. The number of hydrogen-bond acceptors (Lipinski definition) is 5. The van der Waals surface area contributed by atoms with Gasteiger partial charge in [0.2, 0.25) is 0 Å². The summed E-state index contributed by atoms with van der Waals surface area (Å²) in [5.41, 5.74) is -2.76. The molecule has 0 saturated heterocycles. The zero-order chi connectivity index (χ0) is 24.6. The van der Waals surface area contributed by atoms with E-state index in [-0.39, 0.29) is 32.9 Å². The number of alkyl halides is 3. The normalized spacial score (nSPS) is 11.4. The van der Waals surface area contributed by atoms with Crippen molar-refractivity contribution in [1.82, 2.24) is 25.1 Å². The molecule has 3 heterocycles. The number of aromatic amines is 1. The third-order valence-corrected chi connectivity index (χ3v) is 5.13. The first-order chi connectivity index (χ1) is 16.1. The van der Waals surface area contributed by atoms with Gasteiger partial charge in [0, 0.05) is 24.0 Å². The third-order valence-electron chi connectivity index (χ3n) is 4.84. The minimum atomic E-state index is -4.97. The number of rotatable bonds is 4. The molecule has 0 saturated carbocycles. The van der Waals surface area contributed by atoms with Crippen LogP contribution in [0.2, 0.25) is 5.02 Å². The maximum atomic E-state index is 14.1. The Balaban J connectivity index is 1.77. The fraction of sp³-hybridized carbons (Fsp3) is 0.0952. The van der Waals surface area contributed by atoms with Crippen LogP contribution in [0.4, 0.5) is 18.9 Å². The van der Waals surface area contributed by atoms with Crippen LogP contribution in [0.1, 0.15) is 26.5 Å². The molecule has 4 rings (SSSR count). The Morgan fingerprint density at radius 1 is 1.12 bits per heavy atom. The molecule has 0 fully saturated rings. The zero-order valence-corrected chi connectivity index (χ0v) is 18.0. The molecule has 4 aromatic rings. The quantitative estimate of drug-likeness (QED) is 0.405. The lowest BCUT2D eigenvalue weighted by atomic mass is 10.1. The monoisotopic (exact) mass is 490 g/mol. The summed E-state index contributed by atoms with van der Waals surface area (Å²) in [5.74, 6) is -1.69. The van der Waals surface area contributed by atoms with E-state index in [9.17, 15) is 27.6 Å². The number of halogens is 4. The highest BCUT2D eigenvalue weighted by atomic mass is 35.5. The predicted octanol–water partition coefficient (Wildman–Crippen LogP) is 3.39. The van der Waals surface area contributed by atoms with Gasteiger partial charge in [-0.2, -0.15) is 18.3 Å². The van der Waals surface area contributed by atoms with Gasteiger partial charge in [0.1, 0.15) is 5.69 Å². The highest BCUT2D eigenvalue weighted by molar-refractivity contribution is 6.33. The van der Waals surface area contributed by atoms with Crippen LogP contribution in [0.25, 0.3) is 16.5 Å². The number of fused-ring (bicyclic) bond motifs is 1. The van der Waals surface area contributed by atoms with E-state index in [0.717, 1.165) is 12.4 Å². The van der Waals surface area contributed by atoms with Crippen LogP contribution in [-0.4, -0.2) is 38.6 Å². The van der Waals surface area contributed by atoms with Gasteiger partial charge in [-0.05, 0) is 24.3 Å². The average Bonchev–Trinajstić information content (AvgIpc) is 3.24. The fourth-order valence-corrected chi connectivity index (χ4v) is 3.60. The highest BCUT2D eigenvalue weighted by Crippen LogP contribution is 2.35. The van der Waals surface area contributed by atoms with Crippen LogP contribution < -0.4 is 16.2 Å². The lowest BCUT2D eigenvalue weighted by molar-refractivity contribution is -0.143. The van der Waals surface area contributed by atoms with Gasteiger partial charge in [0.25, 0.3) is 17.4 Å². The van der Waals surface area contributed by atoms with Gasteiger partial charge in [-0.1, -0.05) is 17.7 Å². The molecule has 2 amide bonds. The maximum absolute atomic E-state index is 14.1. The molecule has 174 valence electrons. The second kappa shape index (κ2) is 8.63. The maximum Gasteiger partial charge on any atom is 0.434 e. The molecule has 13 heteroatoms. The first kappa shape index (κ1) is 23.0. The molecular weight excluding hydrogens is 477 g/mol. The van der Waals surface area contributed by atoms with Crippen molar-refractivity contribution < 1.29 is 22.8 Å². The topological polar surface area (TPSA) is 122 Å². The van der Waals surface area contributed by atoms with Gasteiger partial charge in [0.15, 0.2) is 5.69 Å². The van der Waals surface area contributed by atoms with Crippen molar-refractivity contribution in [3.8, 4) is 5.69 Å². The Morgan fingerprint density at radius 3 is 2.56 bits per heavy atom. The standard InChI is InChI=1S/C21H14ClF3N6O3/c1-26-20(34)16-14(22)7-10(8-28-16)30-19(33)13-9-29-31(17(13)21(23,24)25)15-4-2-3-12-11(15)5-6-27-18(12)32/h2-9H,1H3,(H,26,34)(H,27,32)(H,30,33). The smallest absolute Gasteiger partial charge is 0.354 e. The van der Waals surface area contributed by atoms with E-state index in [1.807, 2.05) is 0 Å². The molecule has 0 aliphatic rings. The van der Waals surface area contributed by atoms with Crippen LogP contribution in [-0.2, 0) is 6.18 Å². The summed E-state index contributed by atoms with van der Waals surface area (Å²) in [7, 11) is 1.37. The van der Waals surface area contributed by atoms with Crippen LogP contribution in [0, 0.1) is 0 Å². The third kappa shape index (κ3) is 4.10.